The van der Waals surface area contributed by atoms with Crippen molar-refractivity contribution in [1.82, 2.24) is 15.3 Å². The number of aromatic nitrogens is 2. The average Bonchev–Trinajstić information content (AvgIpc) is 3.28. The molecule has 1 amide bonds. The normalized spacial score (nSPS) is 10.5. The molecule has 0 fully saturated rings. The lowest BCUT2D eigenvalue weighted by Gasteiger charge is -2.11. The van der Waals surface area contributed by atoms with Gasteiger partial charge in [0, 0.05) is 29.8 Å². The number of thiazole rings is 1. The Labute approximate surface area is 179 Å². The summed E-state index contributed by atoms with van der Waals surface area (Å²) in [4.78, 5) is 20.9. The summed E-state index contributed by atoms with van der Waals surface area (Å²) in [7, 11) is 0. The first-order valence-corrected chi connectivity index (χ1v) is 10.5. The van der Waals surface area contributed by atoms with Crippen LogP contribution in [0.1, 0.15) is 16.1 Å². The van der Waals surface area contributed by atoms with Crippen molar-refractivity contribution in [2.75, 3.05) is 6.61 Å². The van der Waals surface area contributed by atoms with Crippen molar-refractivity contribution in [2.45, 2.75) is 13.0 Å². The van der Waals surface area contributed by atoms with Gasteiger partial charge in [0.25, 0.3) is 5.91 Å². The SMILES string of the molecule is O=C(COc1ccccc1Cc1ccccc1)NCc1nc(-c2ccncc2)cs1. The van der Waals surface area contributed by atoms with Crippen LogP contribution in [0.4, 0.5) is 0 Å². The van der Waals surface area contributed by atoms with E-state index in [0.717, 1.165) is 34.0 Å². The fourth-order valence-corrected chi connectivity index (χ4v) is 3.77. The van der Waals surface area contributed by atoms with Gasteiger partial charge in [-0.3, -0.25) is 9.78 Å². The number of hydrogen-bond acceptors (Lipinski definition) is 5. The molecule has 6 heteroatoms. The van der Waals surface area contributed by atoms with Gasteiger partial charge in [-0.25, -0.2) is 4.98 Å². The molecule has 2 aromatic carbocycles. The molecule has 0 aliphatic heterocycles. The topological polar surface area (TPSA) is 64.1 Å². The van der Waals surface area contributed by atoms with Crippen LogP contribution >= 0.6 is 11.3 Å². The second-order valence-electron chi connectivity index (χ2n) is 6.70. The molecule has 2 heterocycles. The number of ether oxygens (including phenoxy) is 1. The van der Waals surface area contributed by atoms with Gasteiger partial charge in [0.15, 0.2) is 6.61 Å². The highest BCUT2D eigenvalue weighted by atomic mass is 32.1. The molecule has 1 N–H and O–H groups in total. The molecule has 4 rings (SSSR count). The largest absolute Gasteiger partial charge is 0.483 e. The molecule has 2 aromatic heterocycles. The molecule has 0 radical (unpaired) electrons. The van der Waals surface area contributed by atoms with Crippen LogP contribution in [0.25, 0.3) is 11.3 Å². The van der Waals surface area contributed by atoms with Gasteiger partial charge in [-0.05, 0) is 29.3 Å². The van der Waals surface area contributed by atoms with Crippen LogP contribution in [0.5, 0.6) is 5.75 Å². The van der Waals surface area contributed by atoms with Gasteiger partial charge in [-0.2, -0.15) is 0 Å². The molecule has 150 valence electrons. The third kappa shape index (κ3) is 5.30. The minimum absolute atomic E-state index is 0.0333. The summed E-state index contributed by atoms with van der Waals surface area (Å²) in [5.74, 6) is 0.552. The van der Waals surface area contributed by atoms with E-state index in [2.05, 4.69) is 27.4 Å². The van der Waals surface area contributed by atoms with Crippen molar-refractivity contribution in [3.05, 3.63) is 101 Å². The van der Waals surface area contributed by atoms with E-state index in [9.17, 15) is 4.79 Å². The third-order valence-electron chi connectivity index (χ3n) is 4.53. The lowest BCUT2D eigenvalue weighted by atomic mass is 10.0. The number of pyridine rings is 1. The van der Waals surface area contributed by atoms with Crippen LogP contribution in [0.2, 0.25) is 0 Å². The van der Waals surface area contributed by atoms with Crippen LogP contribution < -0.4 is 10.1 Å². The maximum absolute atomic E-state index is 12.3. The van der Waals surface area contributed by atoms with Crippen molar-refractivity contribution in [2.24, 2.45) is 0 Å². The highest BCUT2D eigenvalue weighted by Crippen LogP contribution is 2.22. The first-order valence-electron chi connectivity index (χ1n) is 9.64. The lowest BCUT2D eigenvalue weighted by Crippen LogP contribution is -2.28. The fourth-order valence-electron chi connectivity index (χ4n) is 3.02. The van der Waals surface area contributed by atoms with Crippen LogP contribution in [0.3, 0.4) is 0 Å². The fraction of sp³-hybridized carbons (Fsp3) is 0.125. The Morgan fingerprint density at radius 2 is 1.73 bits per heavy atom. The van der Waals surface area contributed by atoms with Gasteiger partial charge in [0.1, 0.15) is 10.8 Å². The van der Waals surface area contributed by atoms with Crippen molar-refractivity contribution in [3.63, 3.8) is 0 Å². The van der Waals surface area contributed by atoms with Crippen molar-refractivity contribution < 1.29 is 9.53 Å². The maximum Gasteiger partial charge on any atom is 0.258 e. The summed E-state index contributed by atoms with van der Waals surface area (Å²) in [5, 5.41) is 5.70. The highest BCUT2D eigenvalue weighted by molar-refractivity contribution is 7.09. The molecular formula is C24H21N3O2S. The summed E-state index contributed by atoms with van der Waals surface area (Å²) in [6.07, 6.45) is 4.24. The summed E-state index contributed by atoms with van der Waals surface area (Å²) >= 11 is 1.52. The zero-order valence-electron chi connectivity index (χ0n) is 16.3. The van der Waals surface area contributed by atoms with Crippen molar-refractivity contribution >= 4 is 17.2 Å². The smallest absolute Gasteiger partial charge is 0.258 e. The van der Waals surface area contributed by atoms with E-state index >= 15 is 0 Å². The number of para-hydroxylation sites is 1. The monoisotopic (exact) mass is 415 g/mol. The van der Waals surface area contributed by atoms with Crippen LogP contribution in [-0.4, -0.2) is 22.5 Å². The standard InChI is InChI=1S/C24H21N3O2S/c28-23(26-15-24-27-21(17-30-24)19-10-12-25-13-11-19)16-29-22-9-5-4-8-20(22)14-18-6-2-1-3-7-18/h1-13,17H,14-16H2,(H,26,28). The Balaban J connectivity index is 1.30. The van der Waals surface area contributed by atoms with Crippen LogP contribution in [0, 0.1) is 0 Å². The Bertz CT molecular complexity index is 1100. The van der Waals surface area contributed by atoms with Gasteiger partial charge < -0.3 is 10.1 Å². The number of rotatable bonds is 8. The summed E-state index contributed by atoms with van der Waals surface area (Å²) < 4.78 is 5.80. The molecule has 0 aliphatic carbocycles. The Kier molecular flexibility index (Phi) is 6.47. The highest BCUT2D eigenvalue weighted by Gasteiger charge is 2.09. The van der Waals surface area contributed by atoms with Gasteiger partial charge >= 0.3 is 0 Å². The molecule has 0 spiro atoms. The van der Waals surface area contributed by atoms with E-state index in [4.69, 9.17) is 4.74 Å². The molecule has 0 unspecified atom stereocenters. The number of carbonyl (C=O) groups is 1. The van der Waals surface area contributed by atoms with Gasteiger partial charge in [0.05, 0.1) is 12.2 Å². The van der Waals surface area contributed by atoms with Gasteiger partial charge in [0.2, 0.25) is 0 Å². The predicted molar refractivity (Wildman–Crippen MR) is 118 cm³/mol. The molecule has 0 saturated carbocycles. The first kappa shape index (κ1) is 19.8. The van der Waals surface area contributed by atoms with E-state index in [1.165, 1.54) is 16.9 Å². The molecule has 0 atom stereocenters. The molecule has 0 bridgehead atoms. The predicted octanol–water partition coefficient (Wildman–Crippen LogP) is 4.49. The first-order chi connectivity index (χ1) is 14.8. The van der Waals surface area contributed by atoms with E-state index in [0.29, 0.717) is 6.54 Å². The van der Waals surface area contributed by atoms with E-state index in [1.807, 2.05) is 60.0 Å². The molecular weight excluding hydrogens is 394 g/mol. The number of nitrogens with zero attached hydrogens (tertiary/aromatic N) is 2. The van der Waals surface area contributed by atoms with Crippen LogP contribution in [-0.2, 0) is 17.8 Å². The van der Waals surface area contributed by atoms with Crippen molar-refractivity contribution in [1.29, 1.82) is 0 Å². The molecule has 4 aromatic rings. The second kappa shape index (κ2) is 9.80. The lowest BCUT2D eigenvalue weighted by molar-refractivity contribution is -0.123. The summed E-state index contributed by atoms with van der Waals surface area (Å²) in [6.45, 7) is 0.345. The van der Waals surface area contributed by atoms with Gasteiger partial charge in [-0.15, -0.1) is 11.3 Å². The molecule has 5 nitrogen and oxygen atoms in total. The van der Waals surface area contributed by atoms with E-state index in [-0.39, 0.29) is 12.5 Å². The minimum atomic E-state index is -0.176. The van der Waals surface area contributed by atoms with Gasteiger partial charge in [-0.1, -0.05) is 48.5 Å². The Morgan fingerprint density at radius 1 is 0.967 bits per heavy atom. The quantitative estimate of drug-likeness (QED) is 0.460. The Hall–Kier alpha value is -3.51. The number of carbonyl (C=O) groups excluding carboxylic acids is 1. The number of nitrogens with one attached hydrogen (secondary N) is 1. The van der Waals surface area contributed by atoms with E-state index in [1.54, 1.807) is 12.4 Å². The average molecular weight is 416 g/mol. The molecule has 30 heavy (non-hydrogen) atoms. The summed E-state index contributed by atoms with van der Waals surface area (Å²) in [5.41, 5.74) is 4.15. The molecule has 0 saturated heterocycles. The third-order valence-corrected chi connectivity index (χ3v) is 5.38. The zero-order valence-corrected chi connectivity index (χ0v) is 17.1. The number of amides is 1. The van der Waals surface area contributed by atoms with Crippen LogP contribution in [0.15, 0.2) is 84.5 Å². The van der Waals surface area contributed by atoms with Crippen molar-refractivity contribution in [3.8, 4) is 17.0 Å². The number of hydrogen-bond donors (Lipinski definition) is 1. The zero-order chi connectivity index (χ0) is 20.6. The maximum atomic E-state index is 12.3. The molecule has 0 aliphatic rings. The Morgan fingerprint density at radius 3 is 2.57 bits per heavy atom. The second-order valence-corrected chi connectivity index (χ2v) is 7.64. The van der Waals surface area contributed by atoms with E-state index < -0.39 is 0 Å². The number of benzene rings is 2. The summed E-state index contributed by atoms with van der Waals surface area (Å²) in [6, 6.07) is 21.8. The minimum Gasteiger partial charge on any atom is -0.483 e.